The van der Waals surface area contributed by atoms with Crippen molar-refractivity contribution in [3.8, 4) is 0 Å². The standard InChI is InChI=1S/C18H19N3O5/c1-19-15(22)7-8-20(18(19)26)11-16(23)21-9-13(14(10-21)17(24)25)12-5-3-2-4-6-12/h2-8,13-14H,9-11H2,1H3,(H,24,25)/t13-,14-/m0/s1. The average Bonchev–Trinajstić information content (AvgIpc) is 3.09. The van der Waals surface area contributed by atoms with Gasteiger partial charge in [0.2, 0.25) is 5.91 Å². The van der Waals surface area contributed by atoms with Crippen LogP contribution in [0.2, 0.25) is 0 Å². The molecule has 8 nitrogen and oxygen atoms in total. The number of amides is 1. The molecule has 1 amide bonds. The summed E-state index contributed by atoms with van der Waals surface area (Å²) in [6.07, 6.45) is 1.28. The minimum Gasteiger partial charge on any atom is -0.481 e. The summed E-state index contributed by atoms with van der Waals surface area (Å²) in [6.45, 7) is 0.134. The van der Waals surface area contributed by atoms with E-state index in [0.717, 1.165) is 14.7 Å². The van der Waals surface area contributed by atoms with Gasteiger partial charge in [0, 0.05) is 38.3 Å². The Kier molecular flexibility index (Phi) is 4.75. The normalized spacial score (nSPS) is 19.5. The smallest absolute Gasteiger partial charge is 0.331 e. The van der Waals surface area contributed by atoms with Gasteiger partial charge in [-0.25, -0.2) is 4.79 Å². The van der Waals surface area contributed by atoms with Crippen molar-refractivity contribution in [3.63, 3.8) is 0 Å². The zero-order valence-electron chi connectivity index (χ0n) is 14.2. The zero-order chi connectivity index (χ0) is 18.8. The molecule has 3 rings (SSSR count). The number of carboxylic acid groups (broad SMARTS) is 1. The molecule has 1 aromatic carbocycles. The van der Waals surface area contributed by atoms with Gasteiger partial charge in [0.05, 0.1) is 5.92 Å². The molecule has 1 fully saturated rings. The number of likely N-dealkylation sites (tertiary alicyclic amines) is 1. The molecule has 0 aliphatic carbocycles. The lowest BCUT2D eigenvalue weighted by atomic mass is 9.89. The van der Waals surface area contributed by atoms with Crippen molar-refractivity contribution in [2.45, 2.75) is 12.5 Å². The van der Waals surface area contributed by atoms with Crippen LogP contribution in [0.4, 0.5) is 0 Å². The molecule has 0 saturated carbocycles. The van der Waals surface area contributed by atoms with E-state index in [-0.39, 0.29) is 31.5 Å². The molecule has 2 aromatic rings. The SMILES string of the molecule is Cn1c(=O)ccn(CC(=O)N2C[C@H](C(=O)O)[C@H](c3ccccc3)C2)c1=O. The lowest BCUT2D eigenvalue weighted by Crippen LogP contribution is -2.41. The maximum Gasteiger partial charge on any atom is 0.331 e. The zero-order valence-corrected chi connectivity index (χ0v) is 14.2. The van der Waals surface area contributed by atoms with Crippen LogP contribution in [0.1, 0.15) is 11.5 Å². The lowest BCUT2D eigenvalue weighted by molar-refractivity contribution is -0.141. The van der Waals surface area contributed by atoms with E-state index in [1.165, 1.54) is 24.2 Å². The van der Waals surface area contributed by atoms with Crippen molar-refractivity contribution in [2.75, 3.05) is 13.1 Å². The van der Waals surface area contributed by atoms with Crippen molar-refractivity contribution in [1.29, 1.82) is 0 Å². The highest BCUT2D eigenvalue weighted by molar-refractivity contribution is 5.79. The molecule has 8 heteroatoms. The van der Waals surface area contributed by atoms with E-state index in [1.54, 1.807) is 0 Å². The molecule has 0 radical (unpaired) electrons. The minimum atomic E-state index is -0.951. The van der Waals surface area contributed by atoms with Crippen molar-refractivity contribution in [1.82, 2.24) is 14.0 Å². The van der Waals surface area contributed by atoms with Crippen LogP contribution in [0.5, 0.6) is 0 Å². The first-order chi connectivity index (χ1) is 12.4. The summed E-state index contributed by atoms with van der Waals surface area (Å²) in [5.74, 6) is -2.29. The summed E-state index contributed by atoms with van der Waals surface area (Å²) in [4.78, 5) is 49.2. The molecule has 1 aliphatic rings. The van der Waals surface area contributed by atoms with E-state index in [9.17, 15) is 24.3 Å². The van der Waals surface area contributed by atoms with E-state index in [4.69, 9.17) is 0 Å². The maximum atomic E-state index is 12.6. The van der Waals surface area contributed by atoms with Crippen molar-refractivity contribution in [2.24, 2.45) is 13.0 Å². The number of aliphatic carboxylic acids is 1. The first-order valence-electron chi connectivity index (χ1n) is 8.20. The van der Waals surface area contributed by atoms with Crippen LogP contribution in [-0.2, 0) is 23.2 Å². The van der Waals surface area contributed by atoms with Crippen molar-refractivity contribution < 1.29 is 14.7 Å². The molecule has 1 aromatic heterocycles. The van der Waals surface area contributed by atoms with Gasteiger partial charge in [-0.05, 0) is 5.56 Å². The number of benzene rings is 1. The summed E-state index contributed by atoms with van der Waals surface area (Å²) in [6, 6.07) is 10.4. The van der Waals surface area contributed by atoms with E-state index >= 15 is 0 Å². The van der Waals surface area contributed by atoms with Gasteiger partial charge in [0.1, 0.15) is 6.54 Å². The van der Waals surface area contributed by atoms with Crippen LogP contribution in [0.3, 0.4) is 0 Å². The number of carbonyl (C=O) groups excluding carboxylic acids is 1. The molecule has 1 N–H and O–H groups in total. The molecule has 0 unspecified atom stereocenters. The molecule has 0 spiro atoms. The second kappa shape index (κ2) is 6.99. The Labute approximate surface area is 148 Å². The van der Waals surface area contributed by atoms with Crippen LogP contribution in [0.15, 0.2) is 52.2 Å². The molecule has 0 bridgehead atoms. The van der Waals surface area contributed by atoms with E-state index in [2.05, 4.69) is 0 Å². The fourth-order valence-electron chi connectivity index (χ4n) is 3.28. The Morgan fingerprint density at radius 3 is 2.46 bits per heavy atom. The van der Waals surface area contributed by atoms with Crippen LogP contribution in [0, 0.1) is 5.92 Å². The fraction of sp³-hybridized carbons (Fsp3) is 0.333. The number of rotatable bonds is 4. The third-order valence-electron chi connectivity index (χ3n) is 4.78. The summed E-state index contributed by atoms with van der Waals surface area (Å²) in [5.41, 5.74) is -0.163. The third kappa shape index (κ3) is 3.30. The highest BCUT2D eigenvalue weighted by Gasteiger charge is 2.40. The maximum absolute atomic E-state index is 12.6. The Morgan fingerprint density at radius 1 is 1.12 bits per heavy atom. The van der Waals surface area contributed by atoms with Gasteiger partial charge in [0.15, 0.2) is 0 Å². The number of carboxylic acids is 1. The van der Waals surface area contributed by atoms with Gasteiger partial charge in [-0.2, -0.15) is 0 Å². The average molecular weight is 357 g/mol. The molecule has 2 atom stereocenters. The van der Waals surface area contributed by atoms with Crippen LogP contribution in [-0.4, -0.2) is 44.1 Å². The molecule has 1 saturated heterocycles. The molecule has 2 heterocycles. The molecule has 1 aliphatic heterocycles. The minimum absolute atomic E-state index is 0.0915. The van der Waals surface area contributed by atoms with Gasteiger partial charge in [-0.1, -0.05) is 30.3 Å². The molecular formula is C18H19N3O5. The summed E-state index contributed by atoms with van der Waals surface area (Å²) in [5, 5.41) is 9.51. The summed E-state index contributed by atoms with van der Waals surface area (Å²) in [7, 11) is 1.34. The number of carbonyl (C=O) groups is 2. The number of hydrogen-bond donors (Lipinski definition) is 1. The Balaban J connectivity index is 1.81. The Morgan fingerprint density at radius 2 is 1.81 bits per heavy atom. The topological polar surface area (TPSA) is 102 Å². The van der Waals surface area contributed by atoms with Gasteiger partial charge in [-0.15, -0.1) is 0 Å². The number of nitrogens with zero attached hydrogens (tertiary/aromatic N) is 3. The van der Waals surface area contributed by atoms with E-state index in [1.807, 2.05) is 30.3 Å². The Hall–Kier alpha value is -3.16. The predicted octanol–water partition coefficient (Wildman–Crippen LogP) is -0.126. The van der Waals surface area contributed by atoms with Gasteiger partial charge >= 0.3 is 11.7 Å². The van der Waals surface area contributed by atoms with E-state index < -0.39 is 23.1 Å². The van der Waals surface area contributed by atoms with Crippen LogP contribution >= 0.6 is 0 Å². The first kappa shape index (κ1) is 17.7. The van der Waals surface area contributed by atoms with Crippen LogP contribution < -0.4 is 11.2 Å². The monoisotopic (exact) mass is 357 g/mol. The third-order valence-corrected chi connectivity index (χ3v) is 4.78. The number of hydrogen-bond acceptors (Lipinski definition) is 4. The largest absolute Gasteiger partial charge is 0.481 e. The molecule has 136 valence electrons. The second-order valence-electron chi connectivity index (χ2n) is 6.38. The quantitative estimate of drug-likeness (QED) is 0.822. The Bertz CT molecular complexity index is 947. The van der Waals surface area contributed by atoms with Gasteiger partial charge in [0.25, 0.3) is 5.56 Å². The van der Waals surface area contributed by atoms with Crippen molar-refractivity contribution >= 4 is 11.9 Å². The fourth-order valence-corrected chi connectivity index (χ4v) is 3.28. The predicted molar refractivity (Wildman–Crippen MR) is 92.8 cm³/mol. The molecular weight excluding hydrogens is 338 g/mol. The van der Waals surface area contributed by atoms with Gasteiger partial charge in [-0.3, -0.25) is 23.5 Å². The highest BCUT2D eigenvalue weighted by atomic mass is 16.4. The summed E-state index contributed by atoms with van der Waals surface area (Å²) < 4.78 is 2.07. The second-order valence-corrected chi connectivity index (χ2v) is 6.38. The molecule has 26 heavy (non-hydrogen) atoms. The van der Waals surface area contributed by atoms with E-state index in [0.29, 0.717) is 0 Å². The van der Waals surface area contributed by atoms with Crippen molar-refractivity contribution in [3.05, 3.63) is 69.0 Å². The van der Waals surface area contributed by atoms with Crippen LogP contribution in [0.25, 0.3) is 0 Å². The number of aromatic nitrogens is 2. The highest BCUT2D eigenvalue weighted by Crippen LogP contribution is 2.32. The lowest BCUT2D eigenvalue weighted by Gasteiger charge is -2.17. The first-order valence-corrected chi connectivity index (χ1v) is 8.20. The summed E-state index contributed by atoms with van der Waals surface area (Å²) >= 11 is 0. The van der Waals surface area contributed by atoms with Gasteiger partial charge < -0.3 is 10.0 Å².